The summed E-state index contributed by atoms with van der Waals surface area (Å²) in [5.74, 6) is -0.163. The van der Waals surface area contributed by atoms with Crippen LogP contribution in [0.4, 0.5) is 9.18 Å². The molecule has 1 unspecified atom stereocenters. The van der Waals surface area contributed by atoms with Gasteiger partial charge in [-0.2, -0.15) is 0 Å². The van der Waals surface area contributed by atoms with E-state index in [0.29, 0.717) is 39.0 Å². The van der Waals surface area contributed by atoms with Crippen LogP contribution < -0.4 is 0 Å². The summed E-state index contributed by atoms with van der Waals surface area (Å²) in [5, 5.41) is 0. The third kappa shape index (κ3) is 4.53. The molecule has 3 saturated heterocycles. The van der Waals surface area contributed by atoms with E-state index in [9.17, 15) is 14.0 Å². The number of rotatable bonds is 5. The highest BCUT2D eigenvalue weighted by atomic mass is 19.1. The lowest BCUT2D eigenvalue weighted by molar-refractivity contribution is -0.144. The molecule has 3 aliphatic heterocycles. The summed E-state index contributed by atoms with van der Waals surface area (Å²) in [6, 6.07) is 16.5. The van der Waals surface area contributed by atoms with Crippen LogP contribution in [0.2, 0.25) is 0 Å². The molecular weight excluding hydrogens is 433 g/mol. The number of ether oxygens (including phenoxy) is 1. The Labute approximate surface area is 200 Å². The summed E-state index contributed by atoms with van der Waals surface area (Å²) >= 11 is 0. The van der Waals surface area contributed by atoms with Crippen molar-refractivity contribution in [1.29, 1.82) is 0 Å². The summed E-state index contributed by atoms with van der Waals surface area (Å²) in [6.07, 6.45) is 2.34. The van der Waals surface area contributed by atoms with E-state index in [1.54, 1.807) is 17.0 Å². The number of likely N-dealkylation sites (tertiary alicyclic amines) is 2. The van der Waals surface area contributed by atoms with E-state index < -0.39 is 11.0 Å². The second-order valence-electron chi connectivity index (χ2n) is 10.3. The van der Waals surface area contributed by atoms with Crippen LogP contribution in [-0.2, 0) is 22.5 Å². The number of piperidine rings is 1. The Morgan fingerprint density at radius 3 is 2.44 bits per heavy atom. The lowest BCUT2D eigenvalue weighted by atomic mass is 9.72. The largest absolute Gasteiger partial charge is 0.439 e. The fourth-order valence-corrected chi connectivity index (χ4v) is 5.73. The number of carbonyl (C=O) groups is 2. The molecule has 1 spiro atoms. The van der Waals surface area contributed by atoms with E-state index in [1.807, 2.05) is 41.3 Å². The molecule has 7 heteroatoms. The number of amides is 2. The van der Waals surface area contributed by atoms with Gasteiger partial charge in [-0.15, -0.1) is 0 Å². The maximum atomic E-state index is 14.0. The van der Waals surface area contributed by atoms with Crippen molar-refractivity contribution in [3.63, 3.8) is 0 Å². The standard InChI is InChI=1S/C27H32FN3O3/c1-29-13-10-26(11-14-29,17-22-8-5-9-23(28)16-22)24(32)30-15-12-27(19-30)20-31(25(33)34-27)18-21-6-3-2-4-7-21/h2-9,16H,10-15,17-20H2,1H3. The van der Waals surface area contributed by atoms with E-state index in [-0.39, 0.29) is 17.8 Å². The fourth-order valence-electron chi connectivity index (χ4n) is 5.73. The van der Waals surface area contributed by atoms with Crippen LogP contribution in [-0.4, -0.2) is 72.1 Å². The van der Waals surface area contributed by atoms with E-state index >= 15 is 0 Å². The molecule has 3 aliphatic rings. The molecule has 34 heavy (non-hydrogen) atoms. The molecule has 2 aromatic carbocycles. The van der Waals surface area contributed by atoms with E-state index in [2.05, 4.69) is 11.9 Å². The zero-order valence-electron chi connectivity index (χ0n) is 19.7. The molecule has 2 aromatic rings. The minimum Gasteiger partial charge on any atom is -0.439 e. The molecule has 5 rings (SSSR count). The van der Waals surface area contributed by atoms with Gasteiger partial charge in [0.1, 0.15) is 5.82 Å². The van der Waals surface area contributed by atoms with Gasteiger partial charge in [0.2, 0.25) is 5.91 Å². The zero-order valence-corrected chi connectivity index (χ0v) is 19.7. The maximum absolute atomic E-state index is 14.0. The van der Waals surface area contributed by atoms with E-state index in [4.69, 9.17) is 4.74 Å². The summed E-state index contributed by atoms with van der Waals surface area (Å²) in [7, 11) is 2.07. The molecular formula is C27H32FN3O3. The summed E-state index contributed by atoms with van der Waals surface area (Å²) in [4.78, 5) is 32.5. The number of carbonyl (C=O) groups excluding carboxylic acids is 2. The Kier molecular flexibility index (Phi) is 6.06. The van der Waals surface area contributed by atoms with Crippen LogP contribution in [0, 0.1) is 11.2 Å². The highest BCUT2D eigenvalue weighted by Crippen LogP contribution is 2.41. The third-order valence-electron chi connectivity index (χ3n) is 7.69. The van der Waals surface area contributed by atoms with E-state index in [0.717, 1.165) is 37.1 Å². The minimum absolute atomic E-state index is 0.110. The van der Waals surface area contributed by atoms with Crippen molar-refractivity contribution in [2.24, 2.45) is 5.41 Å². The first-order chi connectivity index (χ1) is 16.4. The summed E-state index contributed by atoms with van der Waals surface area (Å²) < 4.78 is 19.8. The zero-order chi connectivity index (χ0) is 23.8. The monoisotopic (exact) mass is 465 g/mol. The molecule has 3 heterocycles. The van der Waals surface area contributed by atoms with Crippen LogP contribution in [0.1, 0.15) is 30.4 Å². The van der Waals surface area contributed by atoms with Crippen molar-refractivity contribution in [2.75, 3.05) is 39.8 Å². The van der Waals surface area contributed by atoms with Crippen LogP contribution in [0.15, 0.2) is 54.6 Å². The molecule has 0 saturated carbocycles. The average molecular weight is 466 g/mol. The Bertz CT molecular complexity index is 1050. The van der Waals surface area contributed by atoms with Crippen LogP contribution >= 0.6 is 0 Å². The first kappa shape index (κ1) is 22.8. The number of nitrogens with zero attached hydrogens (tertiary/aromatic N) is 3. The molecule has 2 amide bonds. The van der Waals surface area contributed by atoms with Gasteiger partial charge in [0.05, 0.1) is 18.5 Å². The lowest BCUT2D eigenvalue weighted by Crippen LogP contribution is -2.51. The molecule has 3 fully saturated rings. The van der Waals surface area contributed by atoms with Gasteiger partial charge in [0.25, 0.3) is 0 Å². The first-order valence-corrected chi connectivity index (χ1v) is 12.1. The van der Waals surface area contributed by atoms with Gasteiger partial charge in [0.15, 0.2) is 5.60 Å². The van der Waals surface area contributed by atoms with Gasteiger partial charge < -0.3 is 14.5 Å². The SMILES string of the molecule is CN1CCC(Cc2cccc(F)c2)(C(=O)N2CCC3(CN(Cc4ccccc4)C(=O)O3)C2)CC1. The highest BCUT2D eigenvalue weighted by molar-refractivity contribution is 5.84. The molecule has 1 atom stereocenters. The fraction of sp³-hybridized carbons (Fsp3) is 0.481. The van der Waals surface area contributed by atoms with Crippen molar-refractivity contribution in [2.45, 2.75) is 37.8 Å². The normalized spacial score (nSPS) is 24.6. The van der Waals surface area contributed by atoms with Crippen LogP contribution in [0.5, 0.6) is 0 Å². The van der Waals surface area contributed by atoms with Crippen molar-refractivity contribution in [3.05, 3.63) is 71.5 Å². The summed E-state index contributed by atoms with van der Waals surface area (Å²) in [5.41, 5.74) is 0.710. The average Bonchev–Trinajstić information content (AvgIpc) is 3.37. The predicted octanol–water partition coefficient (Wildman–Crippen LogP) is 3.70. The Morgan fingerprint density at radius 2 is 1.71 bits per heavy atom. The molecule has 0 radical (unpaired) electrons. The quantitative estimate of drug-likeness (QED) is 0.676. The summed E-state index contributed by atoms with van der Waals surface area (Å²) in [6.45, 7) is 3.66. The second kappa shape index (κ2) is 9.02. The third-order valence-corrected chi connectivity index (χ3v) is 7.69. The highest BCUT2D eigenvalue weighted by Gasteiger charge is 2.53. The van der Waals surface area contributed by atoms with Crippen molar-refractivity contribution < 1.29 is 18.7 Å². The van der Waals surface area contributed by atoms with Crippen molar-refractivity contribution in [1.82, 2.24) is 14.7 Å². The van der Waals surface area contributed by atoms with Crippen LogP contribution in [0.25, 0.3) is 0 Å². The van der Waals surface area contributed by atoms with E-state index in [1.165, 1.54) is 6.07 Å². The number of benzene rings is 2. The first-order valence-electron chi connectivity index (χ1n) is 12.1. The number of halogens is 1. The molecule has 180 valence electrons. The van der Waals surface area contributed by atoms with Gasteiger partial charge in [0, 0.05) is 19.5 Å². The Balaban J connectivity index is 1.31. The number of hydrogen-bond acceptors (Lipinski definition) is 4. The van der Waals surface area contributed by atoms with Crippen molar-refractivity contribution in [3.8, 4) is 0 Å². The van der Waals surface area contributed by atoms with Crippen molar-refractivity contribution >= 4 is 12.0 Å². The van der Waals surface area contributed by atoms with Gasteiger partial charge in [-0.1, -0.05) is 42.5 Å². The van der Waals surface area contributed by atoms with Gasteiger partial charge in [-0.3, -0.25) is 9.69 Å². The van der Waals surface area contributed by atoms with Crippen LogP contribution in [0.3, 0.4) is 0 Å². The molecule has 0 N–H and O–H groups in total. The molecule has 0 aliphatic carbocycles. The Hall–Kier alpha value is -2.93. The smallest absolute Gasteiger partial charge is 0.410 e. The minimum atomic E-state index is -0.646. The van der Waals surface area contributed by atoms with Gasteiger partial charge in [-0.05, 0) is 62.7 Å². The van der Waals surface area contributed by atoms with Gasteiger partial charge in [-0.25, -0.2) is 9.18 Å². The topological polar surface area (TPSA) is 53.1 Å². The molecule has 0 bridgehead atoms. The molecule has 0 aromatic heterocycles. The van der Waals surface area contributed by atoms with Gasteiger partial charge >= 0.3 is 6.09 Å². The maximum Gasteiger partial charge on any atom is 0.410 e. The second-order valence-corrected chi connectivity index (χ2v) is 10.3. The number of hydrogen-bond donors (Lipinski definition) is 0. The molecule has 6 nitrogen and oxygen atoms in total. The Morgan fingerprint density at radius 1 is 0.971 bits per heavy atom. The predicted molar refractivity (Wildman–Crippen MR) is 127 cm³/mol. The lowest BCUT2D eigenvalue weighted by Gasteiger charge is -2.42.